The summed E-state index contributed by atoms with van der Waals surface area (Å²) in [6.07, 6.45) is 6.02. The molecule has 0 heterocycles. The van der Waals surface area contributed by atoms with Crippen molar-refractivity contribution < 1.29 is 14.3 Å². The molecule has 1 aromatic rings. The van der Waals surface area contributed by atoms with Crippen LogP contribution in [0.1, 0.15) is 45.4 Å². The highest BCUT2D eigenvalue weighted by Crippen LogP contribution is 2.29. The molecule has 1 fully saturated rings. The van der Waals surface area contributed by atoms with E-state index in [-0.39, 0.29) is 18.5 Å². The Morgan fingerprint density at radius 3 is 2.81 bits per heavy atom. The zero-order chi connectivity index (χ0) is 15.1. The summed E-state index contributed by atoms with van der Waals surface area (Å²) in [6.45, 7) is 2.47. The number of ether oxygens (including phenoxy) is 2. The van der Waals surface area contributed by atoms with E-state index in [4.69, 9.17) is 15.2 Å². The van der Waals surface area contributed by atoms with Crippen LogP contribution in [-0.2, 0) is 9.53 Å². The minimum Gasteiger partial charge on any atom is -0.491 e. The average molecular weight is 291 g/mol. The molecule has 4 heteroatoms. The van der Waals surface area contributed by atoms with Gasteiger partial charge in [0, 0.05) is 0 Å². The molecule has 2 N–H and O–H groups in total. The van der Waals surface area contributed by atoms with E-state index >= 15 is 0 Å². The van der Waals surface area contributed by atoms with Gasteiger partial charge in [0.05, 0.1) is 18.7 Å². The Hall–Kier alpha value is -1.71. The van der Waals surface area contributed by atoms with Crippen molar-refractivity contribution in [1.82, 2.24) is 0 Å². The SMILES string of the molecule is CCC1CCCCC1OC(=O)CCOc1ccccc1N. The molecule has 0 spiro atoms. The zero-order valence-corrected chi connectivity index (χ0v) is 12.7. The fourth-order valence-corrected chi connectivity index (χ4v) is 2.88. The summed E-state index contributed by atoms with van der Waals surface area (Å²) in [5.41, 5.74) is 6.37. The van der Waals surface area contributed by atoms with Crippen LogP contribution in [-0.4, -0.2) is 18.7 Å². The van der Waals surface area contributed by atoms with Gasteiger partial charge >= 0.3 is 5.97 Å². The lowest BCUT2D eigenvalue weighted by Crippen LogP contribution is -2.30. The number of carbonyl (C=O) groups excluding carboxylic acids is 1. The number of para-hydroxylation sites is 2. The molecule has 116 valence electrons. The number of anilines is 1. The molecule has 0 radical (unpaired) electrons. The molecular formula is C17H25NO3. The molecule has 0 bridgehead atoms. The quantitative estimate of drug-likeness (QED) is 0.643. The predicted octanol–water partition coefficient (Wildman–Crippen LogP) is 3.55. The molecule has 2 rings (SSSR count). The Balaban J connectivity index is 1.73. The van der Waals surface area contributed by atoms with E-state index in [2.05, 4.69) is 6.92 Å². The Labute approximate surface area is 126 Å². The van der Waals surface area contributed by atoms with Crippen LogP contribution in [0.5, 0.6) is 5.75 Å². The maximum Gasteiger partial charge on any atom is 0.309 e. The van der Waals surface area contributed by atoms with Gasteiger partial charge in [0.1, 0.15) is 11.9 Å². The van der Waals surface area contributed by atoms with Crippen LogP contribution in [0.25, 0.3) is 0 Å². The third-order valence-corrected chi connectivity index (χ3v) is 4.13. The van der Waals surface area contributed by atoms with E-state index in [1.165, 1.54) is 12.8 Å². The molecule has 1 aliphatic rings. The summed E-state index contributed by atoms with van der Waals surface area (Å²) < 4.78 is 11.1. The minimum absolute atomic E-state index is 0.0954. The number of rotatable bonds is 6. The van der Waals surface area contributed by atoms with Gasteiger partial charge in [0.25, 0.3) is 0 Å². The molecule has 2 unspecified atom stereocenters. The zero-order valence-electron chi connectivity index (χ0n) is 12.7. The van der Waals surface area contributed by atoms with Gasteiger partial charge in [-0.3, -0.25) is 4.79 Å². The highest BCUT2D eigenvalue weighted by molar-refractivity contribution is 5.69. The number of hydrogen-bond acceptors (Lipinski definition) is 4. The van der Waals surface area contributed by atoms with Crippen molar-refractivity contribution in [2.45, 2.75) is 51.6 Å². The number of carbonyl (C=O) groups is 1. The predicted molar refractivity (Wildman–Crippen MR) is 83.1 cm³/mol. The molecule has 0 aliphatic heterocycles. The number of hydrogen-bond donors (Lipinski definition) is 1. The van der Waals surface area contributed by atoms with Crippen molar-refractivity contribution in [2.75, 3.05) is 12.3 Å². The van der Waals surface area contributed by atoms with Crippen LogP contribution in [0.3, 0.4) is 0 Å². The second-order valence-electron chi connectivity index (χ2n) is 5.62. The van der Waals surface area contributed by atoms with Crippen molar-refractivity contribution in [2.24, 2.45) is 5.92 Å². The smallest absolute Gasteiger partial charge is 0.309 e. The fraction of sp³-hybridized carbons (Fsp3) is 0.588. The van der Waals surface area contributed by atoms with E-state index < -0.39 is 0 Å². The van der Waals surface area contributed by atoms with Crippen LogP contribution in [0.4, 0.5) is 5.69 Å². The minimum atomic E-state index is -0.171. The number of nitrogen functional groups attached to an aromatic ring is 1. The maximum absolute atomic E-state index is 11.9. The second-order valence-corrected chi connectivity index (χ2v) is 5.62. The van der Waals surface area contributed by atoms with Crippen molar-refractivity contribution >= 4 is 11.7 Å². The van der Waals surface area contributed by atoms with Crippen LogP contribution in [0, 0.1) is 5.92 Å². The van der Waals surface area contributed by atoms with E-state index in [1.807, 2.05) is 12.1 Å². The summed E-state index contributed by atoms with van der Waals surface area (Å²) in [7, 11) is 0. The summed E-state index contributed by atoms with van der Waals surface area (Å²) >= 11 is 0. The number of benzene rings is 1. The summed E-state index contributed by atoms with van der Waals surface area (Å²) in [4.78, 5) is 11.9. The monoisotopic (exact) mass is 291 g/mol. The highest BCUT2D eigenvalue weighted by atomic mass is 16.5. The maximum atomic E-state index is 11.9. The third-order valence-electron chi connectivity index (χ3n) is 4.13. The first-order valence-electron chi connectivity index (χ1n) is 7.87. The van der Waals surface area contributed by atoms with Crippen molar-refractivity contribution in [1.29, 1.82) is 0 Å². The standard InChI is InChI=1S/C17H25NO3/c1-2-13-7-3-5-9-15(13)21-17(19)11-12-20-16-10-6-4-8-14(16)18/h4,6,8,10,13,15H,2-3,5,7,9,11-12,18H2,1H3. The first kappa shape index (κ1) is 15.7. The molecule has 1 aromatic carbocycles. The molecule has 4 nitrogen and oxygen atoms in total. The largest absolute Gasteiger partial charge is 0.491 e. The fourth-order valence-electron chi connectivity index (χ4n) is 2.88. The topological polar surface area (TPSA) is 61.5 Å². The second kappa shape index (κ2) is 7.91. The summed E-state index contributed by atoms with van der Waals surface area (Å²) in [5.74, 6) is 0.970. The summed E-state index contributed by atoms with van der Waals surface area (Å²) in [6, 6.07) is 7.29. The van der Waals surface area contributed by atoms with Gasteiger partial charge in [-0.2, -0.15) is 0 Å². The van der Waals surface area contributed by atoms with Gasteiger partial charge in [0.15, 0.2) is 0 Å². The first-order valence-corrected chi connectivity index (χ1v) is 7.87. The van der Waals surface area contributed by atoms with Gasteiger partial charge in [-0.15, -0.1) is 0 Å². The Kier molecular flexibility index (Phi) is 5.90. The average Bonchev–Trinajstić information content (AvgIpc) is 2.50. The molecule has 0 amide bonds. The van der Waals surface area contributed by atoms with Gasteiger partial charge in [0.2, 0.25) is 0 Å². The molecule has 1 aliphatic carbocycles. The van der Waals surface area contributed by atoms with Crippen LogP contribution in [0.2, 0.25) is 0 Å². The van der Waals surface area contributed by atoms with Crippen molar-refractivity contribution in [3.63, 3.8) is 0 Å². The Morgan fingerprint density at radius 2 is 2.05 bits per heavy atom. The Bertz CT molecular complexity index is 461. The lowest BCUT2D eigenvalue weighted by Gasteiger charge is -2.30. The van der Waals surface area contributed by atoms with Crippen molar-refractivity contribution in [3.8, 4) is 5.75 Å². The molecule has 0 aromatic heterocycles. The van der Waals surface area contributed by atoms with E-state index in [1.54, 1.807) is 12.1 Å². The first-order chi connectivity index (χ1) is 10.2. The molecule has 2 atom stereocenters. The summed E-state index contributed by atoms with van der Waals surface area (Å²) in [5, 5.41) is 0. The van der Waals surface area contributed by atoms with Gasteiger partial charge in [-0.05, 0) is 43.7 Å². The molecule has 21 heavy (non-hydrogen) atoms. The van der Waals surface area contributed by atoms with Crippen molar-refractivity contribution in [3.05, 3.63) is 24.3 Å². The number of esters is 1. The van der Waals surface area contributed by atoms with Crippen LogP contribution < -0.4 is 10.5 Å². The molecular weight excluding hydrogens is 266 g/mol. The van der Waals surface area contributed by atoms with Gasteiger partial charge in [-0.1, -0.05) is 25.5 Å². The van der Waals surface area contributed by atoms with Gasteiger partial charge < -0.3 is 15.2 Å². The lowest BCUT2D eigenvalue weighted by molar-refractivity contribution is -0.154. The van der Waals surface area contributed by atoms with Crippen LogP contribution in [0.15, 0.2) is 24.3 Å². The molecule has 1 saturated carbocycles. The lowest BCUT2D eigenvalue weighted by atomic mass is 9.85. The van der Waals surface area contributed by atoms with E-state index in [0.717, 1.165) is 19.3 Å². The number of nitrogens with two attached hydrogens (primary N) is 1. The molecule has 0 saturated heterocycles. The van der Waals surface area contributed by atoms with E-state index in [9.17, 15) is 4.79 Å². The highest BCUT2D eigenvalue weighted by Gasteiger charge is 2.26. The Morgan fingerprint density at radius 1 is 1.29 bits per heavy atom. The normalized spacial score (nSPS) is 21.8. The van der Waals surface area contributed by atoms with Gasteiger partial charge in [-0.25, -0.2) is 0 Å². The van der Waals surface area contributed by atoms with E-state index in [0.29, 0.717) is 24.0 Å². The van der Waals surface area contributed by atoms with Crippen LogP contribution >= 0.6 is 0 Å². The third kappa shape index (κ3) is 4.66.